The zero-order valence-electron chi connectivity index (χ0n) is 9.21. The predicted molar refractivity (Wildman–Crippen MR) is 64.4 cm³/mol. The van der Waals surface area contributed by atoms with E-state index in [1.54, 1.807) is 0 Å². The lowest BCUT2D eigenvalue weighted by molar-refractivity contribution is 0.0826. The Morgan fingerprint density at radius 1 is 1.38 bits per heavy atom. The molecule has 2 aliphatic rings. The van der Waals surface area contributed by atoms with Gasteiger partial charge in [-0.25, -0.2) is 4.98 Å². The monoisotopic (exact) mass is 285 g/mol. The molecule has 0 bridgehead atoms. The summed E-state index contributed by atoms with van der Waals surface area (Å²) in [6, 6.07) is 0. The van der Waals surface area contributed by atoms with Gasteiger partial charge in [-0.05, 0) is 28.8 Å². The summed E-state index contributed by atoms with van der Waals surface area (Å²) in [5.74, 6) is 1.84. The minimum atomic E-state index is 0.580. The highest BCUT2D eigenvalue weighted by molar-refractivity contribution is 9.10. The van der Waals surface area contributed by atoms with Crippen molar-refractivity contribution in [1.82, 2.24) is 14.9 Å². The first-order valence-electron chi connectivity index (χ1n) is 5.89. The Labute approximate surface area is 104 Å². The van der Waals surface area contributed by atoms with Crippen molar-refractivity contribution in [3.63, 3.8) is 0 Å². The Morgan fingerprint density at radius 3 is 3.00 bits per heavy atom. The molecule has 16 heavy (non-hydrogen) atoms. The van der Waals surface area contributed by atoms with Crippen molar-refractivity contribution in [3.05, 3.63) is 16.1 Å². The van der Waals surface area contributed by atoms with Crippen molar-refractivity contribution in [2.75, 3.05) is 19.8 Å². The molecule has 0 atom stereocenters. The number of hydrogen-bond donors (Lipinski definition) is 1. The summed E-state index contributed by atoms with van der Waals surface area (Å²) in [6.45, 7) is 4.77. The molecule has 1 aromatic rings. The van der Waals surface area contributed by atoms with Gasteiger partial charge in [-0.3, -0.25) is 0 Å². The zero-order chi connectivity index (χ0) is 11.0. The van der Waals surface area contributed by atoms with Gasteiger partial charge in [0.25, 0.3) is 0 Å². The number of halogens is 1. The van der Waals surface area contributed by atoms with Gasteiger partial charge in [0.2, 0.25) is 0 Å². The van der Waals surface area contributed by atoms with Gasteiger partial charge < -0.3 is 14.6 Å². The molecular formula is C11H16BrN3O. The molecule has 1 fully saturated rings. The molecular weight excluding hydrogens is 270 g/mol. The number of aromatic nitrogens is 2. The lowest BCUT2D eigenvalue weighted by atomic mass is 9.99. The number of hydrogen-bond acceptors (Lipinski definition) is 3. The molecule has 0 aliphatic carbocycles. The Morgan fingerprint density at radius 2 is 2.19 bits per heavy atom. The SMILES string of the molecule is Brc1nc(C2CCOCC2)n2c1CNCC2. The minimum absolute atomic E-state index is 0.580. The van der Waals surface area contributed by atoms with Crippen molar-refractivity contribution < 1.29 is 4.74 Å². The van der Waals surface area contributed by atoms with Crippen LogP contribution in [0.4, 0.5) is 0 Å². The molecule has 0 spiro atoms. The van der Waals surface area contributed by atoms with Crippen LogP contribution in [0.1, 0.15) is 30.3 Å². The number of fused-ring (bicyclic) bond motifs is 1. The number of nitrogens with zero attached hydrogens (tertiary/aromatic N) is 2. The maximum atomic E-state index is 5.41. The summed E-state index contributed by atoms with van der Waals surface area (Å²) in [7, 11) is 0. The second-order valence-corrected chi connectivity index (χ2v) is 5.17. The first-order valence-corrected chi connectivity index (χ1v) is 6.69. The lowest BCUT2D eigenvalue weighted by Crippen LogP contribution is -2.30. The Balaban J connectivity index is 1.93. The number of ether oxygens (including phenoxy) is 1. The van der Waals surface area contributed by atoms with Gasteiger partial charge in [0, 0.05) is 38.8 Å². The van der Waals surface area contributed by atoms with Crippen molar-refractivity contribution in [1.29, 1.82) is 0 Å². The second kappa shape index (κ2) is 4.47. The molecule has 5 heteroatoms. The minimum Gasteiger partial charge on any atom is -0.381 e. The highest BCUT2D eigenvalue weighted by Crippen LogP contribution is 2.30. The van der Waals surface area contributed by atoms with Gasteiger partial charge in [-0.1, -0.05) is 0 Å². The van der Waals surface area contributed by atoms with Crippen LogP contribution in [0.3, 0.4) is 0 Å². The fraction of sp³-hybridized carbons (Fsp3) is 0.727. The fourth-order valence-electron chi connectivity index (χ4n) is 2.56. The van der Waals surface area contributed by atoms with Crippen LogP contribution in [-0.2, 0) is 17.8 Å². The van der Waals surface area contributed by atoms with Crippen LogP contribution in [0.2, 0.25) is 0 Å². The first kappa shape index (κ1) is 10.7. The lowest BCUT2D eigenvalue weighted by Gasteiger charge is -2.25. The van der Waals surface area contributed by atoms with Gasteiger partial charge in [-0.15, -0.1) is 0 Å². The van der Waals surface area contributed by atoms with Gasteiger partial charge in [-0.2, -0.15) is 0 Å². The van der Waals surface area contributed by atoms with Crippen LogP contribution in [0.15, 0.2) is 4.60 Å². The summed E-state index contributed by atoms with van der Waals surface area (Å²) >= 11 is 3.57. The second-order valence-electron chi connectivity index (χ2n) is 4.42. The molecule has 1 aromatic heterocycles. The third-order valence-electron chi connectivity index (χ3n) is 3.44. The summed E-state index contributed by atoms with van der Waals surface area (Å²) in [5.41, 5.74) is 1.30. The Bertz CT molecular complexity index is 385. The fourth-order valence-corrected chi connectivity index (χ4v) is 3.09. The average Bonchev–Trinajstić information content (AvgIpc) is 2.69. The van der Waals surface area contributed by atoms with Crippen molar-refractivity contribution in [2.45, 2.75) is 31.8 Å². The summed E-state index contributed by atoms with van der Waals surface area (Å²) in [6.07, 6.45) is 2.21. The topological polar surface area (TPSA) is 39.1 Å². The third-order valence-corrected chi connectivity index (χ3v) is 4.08. The molecule has 3 heterocycles. The molecule has 0 radical (unpaired) electrons. The molecule has 4 nitrogen and oxygen atoms in total. The molecule has 0 amide bonds. The largest absolute Gasteiger partial charge is 0.381 e. The standard InChI is InChI=1S/C11H16BrN3O/c12-10-9-7-13-3-4-15(9)11(14-10)8-1-5-16-6-2-8/h8,13H,1-7H2. The van der Waals surface area contributed by atoms with Gasteiger partial charge in [0.05, 0.1) is 5.69 Å². The van der Waals surface area contributed by atoms with E-state index < -0.39 is 0 Å². The van der Waals surface area contributed by atoms with Gasteiger partial charge >= 0.3 is 0 Å². The van der Waals surface area contributed by atoms with E-state index in [0.717, 1.165) is 50.3 Å². The maximum Gasteiger partial charge on any atom is 0.128 e. The van der Waals surface area contributed by atoms with E-state index in [0.29, 0.717) is 5.92 Å². The number of imidazole rings is 1. The quantitative estimate of drug-likeness (QED) is 0.853. The van der Waals surface area contributed by atoms with Crippen LogP contribution in [0.25, 0.3) is 0 Å². The van der Waals surface area contributed by atoms with Crippen LogP contribution in [-0.4, -0.2) is 29.3 Å². The van der Waals surface area contributed by atoms with Gasteiger partial charge in [0.1, 0.15) is 10.4 Å². The first-order chi connectivity index (χ1) is 7.86. The van der Waals surface area contributed by atoms with Crippen LogP contribution in [0.5, 0.6) is 0 Å². The maximum absolute atomic E-state index is 5.41. The average molecular weight is 286 g/mol. The molecule has 2 aliphatic heterocycles. The number of rotatable bonds is 1. The summed E-state index contributed by atoms with van der Waals surface area (Å²) in [5, 5.41) is 3.38. The zero-order valence-corrected chi connectivity index (χ0v) is 10.8. The molecule has 88 valence electrons. The van der Waals surface area contributed by atoms with E-state index in [1.165, 1.54) is 11.5 Å². The van der Waals surface area contributed by atoms with Crippen molar-refractivity contribution in [3.8, 4) is 0 Å². The predicted octanol–water partition coefficient (Wildman–Crippen LogP) is 1.64. The van der Waals surface area contributed by atoms with Crippen LogP contribution >= 0.6 is 15.9 Å². The molecule has 0 saturated carbocycles. The summed E-state index contributed by atoms with van der Waals surface area (Å²) in [4.78, 5) is 4.70. The van der Waals surface area contributed by atoms with Crippen molar-refractivity contribution >= 4 is 15.9 Å². The van der Waals surface area contributed by atoms with E-state index in [-0.39, 0.29) is 0 Å². The third kappa shape index (κ3) is 1.81. The normalized spacial score (nSPS) is 22.1. The smallest absolute Gasteiger partial charge is 0.128 e. The van der Waals surface area contributed by atoms with E-state index in [4.69, 9.17) is 9.72 Å². The van der Waals surface area contributed by atoms with Crippen molar-refractivity contribution in [2.24, 2.45) is 0 Å². The van der Waals surface area contributed by atoms with Crippen LogP contribution in [0, 0.1) is 0 Å². The van der Waals surface area contributed by atoms with E-state index in [9.17, 15) is 0 Å². The molecule has 0 unspecified atom stereocenters. The molecule has 3 rings (SSSR count). The highest BCUT2D eigenvalue weighted by atomic mass is 79.9. The Kier molecular flexibility index (Phi) is 3.00. The van der Waals surface area contributed by atoms with E-state index in [1.807, 2.05) is 0 Å². The van der Waals surface area contributed by atoms with Gasteiger partial charge in [0.15, 0.2) is 0 Å². The van der Waals surface area contributed by atoms with E-state index >= 15 is 0 Å². The Hall–Kier alpha value is -0.390. The highest BCUT2D eigenvalue weighted by Gasteiger charge is 2.25. The van der Waals surface area contributed by atoms with E-state index in [2.05, 4.69) is 25.8 Å². The van der Waals surface area contributed by atoms with Crippen LogP contribution < -0.4 is 5.32 Å². The number of nitrogens with one attached hydrogen (secondary N) is 1. The molecule has 1 N–H and O–H groups in total. The summed E-state index contributed by atoms with van der Waals surface area (Å²) < 4.78 is 8.81. The molecule has 0 aromatic carbocycles. The molecule has 1 saturated heterocycles.